The first-order valence-corrected chi connectivity index (χ1v) is 9.36. The number of hydrogen-bond acceptors (Lipinski definition) is 5. The molecule has 0 unspecified atom stereocenters. The van der Waals surface area contributed by atoms with E-state index < -0.39 is 11.7 Å². The molecular formula is C20H19FN6O2. The fourth-order valence-corrected chi connectivity index (χ4v) is 3.40. The van der Waals surface area contributed by atoms with E-state index in [1.807, 2.05) is 0 Å². The summed E-state index contributed by atoms with van der Waals surface area (Å²) < 4.78 is 15.1. The Labute approximate surface area is 166 Å². The van der Waals surface area contributed by atoms with Crippen LogP contribution in [0.2, 0.25) is 0 Å². The molecule has 1 aliphatic rings. The maximum absolute atomic E-state index is 13.8. The van der Waals surface area contributed by atoms with Crippen LogP contribution in [0.15, 0.2) is 48.8 Å². The van der Waals surface area contributed by atoms with Crippen LogP contribution in [0.1, 0.15) is 40.0 Å². The predicted molar refractivity (Wildman–Crippen MR) is 103 cm³/mol. The van der Waals surface area contributed by atoms with Crippen molar-refractivity contribution in [1.82, 2.24) is 25.1 Å². The molecular weight excluding hydrogens is 375 g/mol. The molecule has 1 aromatic heterocycles. The molecule has 3 aromatic rings. The first-order chi connectivity index (χ1) is 14.1. The van der Waals surface area contributed by atoms with Crippen molar-refractivity contribution in [2.24, 2.45) is 0 Å². The number of nitrogens with one attached hydrogen (secondary N) is 1. The number of aromatic nitrogens is 4. The van der Waals surface area contributed by atoms with Gasteiger partial charge in [0, 0.05) is 13.1 Å². The Morgan fingerprint density at radius 3 is 2.55 bits per heavy atom. The molecule has 1 saturated heterocycles. The van der Waals surface area contributed by atoms with E-state index in [4.69, 9.17) is 0 Å². The molecule has 8 nitrogen and oxygen atoms in total. The number of halogens is 1. The summed E-state index contributed by atoms with van der Waals surface area (Å²) in [5.41, 5.74) is 1.16. The smallest absolute Gasteiger partial charge is 0.257 e. The molecule has 0 atom stereocenters. The fraction of sp³-hybridized carbons (Fsp3) is 0.250. The van der Waals surface area contributed by atoms with Gasteiger partial charge in [-0.25, -0.2) is 4.39 Å². The number of amides is 2. The molecule has 1 aliphatic heterocycles. The van der Waals surface area contributed by atoms with Gasteiger partial charge in [-0.2, -0.15) is 4.68 Å². The van der Waals surface area contributed by atoms with E-state index in [-0.39, 0.29) is 11.5 Å². The minimum absolute atomic E-state index is 0.0533. The van der Waals surface area contributed by atoms with Crippen molar-refractivity contribution in [3.8, 4) is 5.69 Å². The third-order valence-corrected chi connectivity index (χ3v) is 4.85. The number of para-hydroxylation sites is 1. The highest BCUT2D eigenvalue weighted by atomic mass is 19.1. The molecule has 2 aromatic carbocycles. The Morgan fingerprint density at radius 2 is 1.79 bits per heavy atom. The SMILES string of the molecule is O=C(Nc1ccccc1C(=O)N1CCCCC1)c1cc(F)ccc1-n1cnnn1. The lowest BCUT2D eigenvalue weighted by atomic mass is 10.1. The summed E-state index contributed by atoms with van der Waals surface area (Å²) in [5.74, 6) is -1.25. The monoisotopic (exact) mass is 394 g/mol. The van der Waals surface area contributed by atoms with Gasteiger partial charge in [-0.05, 0) is 60.0 Å². The molecule has 0 spiro atoms. The summed E-state index contributed by atoms with van der Waals surface area (Å²) in [7, 11) is 0. The Hall–Kier alpha value is -3.62. The molecule has 148 valence electrons. The Bertz CT molecular complexity index is 1030. The maximum atomic E-state index is 13.8. The average molecular weight is 394 g/mol. The number of likely N-dealkylation sites (tertiary alicyclic amines) is 1. The number of nitrogens with zero attached hydrogens (tertiary/aromatic N) is 5. The van der Waals surface area contributed by atoms with Gasteiger partial charge >= 0.3 is 0 Å². The van der Waals surface area contributed by atoms with Gasteiger partial charge in [-0.15, -0.1) is 5.10 Å². The fourth-order valence-electron chi connectivity index (χ4n) is 3.40. The van der Waals surface area contributed by atoms with Crippen molar-refractivity contribution in [2.75, 3.05) is 18.4 Å². The standard InChI is InChI=1S/C20H19FN6O2/c21-14-8-9-18(27-13-22-24-25-27)16(12-14)19(28)23-17-7-3-2-6-15(17)20(29)26-10-4-1-5-11-26/h2-3,6-9,12-13H,1,4-5,10-11H2,(H,23,28). The van der Waals surface area contributed by atoms with E-state index >= 15 is 0 Å². The van der Waals surface area contributed by atoms with Crippen LogP contribution < -0.4 is 5.32 Å². The zero-order chi connectivity index (χ0) is 20.2. The first kappa shape index (κ1) is 18.7. The number of anilines is 1. The second-order valence-electron chi connectivity index (χ2n) is 6.77. The summed E-state index contributed by atoms with van der Waals surface area (Å²) in [5, 5.41) is 13.6. The molecule has 1 N–H and O–H groups in total. The lowest BCUT2D eigenvalue weighted by molar-refractivity contribution is 0.0725. The van der Waals surface area contributed by atoms with Crippen LogP contribution in [0.5, 0.6) is 0 Å². The number of tetrazole rings is 1. The van der Waals surface area contributed by atoms with E-state index in [1.165, 1.54) is 23.1 Å². The van der Waals surface area contributed by atoms with Crippen LogP contribution in [-0.2, 0) is 0 Å². The van der Waals surface area contributed by atoms with Crippen molar-refractivity contribution in [2.45, 2.75) is 19.3 Å². The minimum Gasteiger partial charge on any atom is -0.339 e. The van der Waals surface area contributed by atoms with Crippen molar-refractivity contribution in [3.63, 3.8) is 0 Å². The van der Waals surface area contributed by atoms with Crippen LogP contribution in [0, 0.1) is 5.82 Å². The molecule has 4 rings (SSSR count). The molecule has 0 bridgehead atoms. The number of benzene rings is 2. The third-order valence-electron chi connectivity index (χ3n) is 4.85. The summed E-state index contributed by atoms with van der Waals surface area (Å²) in [6.45, 7) is 1.41. The van der Waals surface area contributed by atoms with Gasteiger partial charge in [0.2, 0.25) is 0 Å². The minimum atomic E-state index is -0.565. The van der Waals surface area contributed by atoms with Crippen LogP contribution in [0.3, 0.4) is 0 Å². The van der Waals surface area contributed by atoms with Gasteiger partial charge in [0.05, 0.1) is 22.5 Å². The van der Waals surface area contributed by atoms with Crippen LogP contribution in [0.4, 0.5) is 10.1 Å². The van der Waals surface area contributed by atoms with Gasteiger partial charge in [0.15, 0.2) is 0 Å². The second-order valence-corrected chi connectivity index (χ2v) is 6.77. The van der Waals surface area contributed by atoms with Crippen LogP contribution in [-0.4, -0.2) is 50.0 Å². The summed E-state index contributed by atoms with van der Waals surface area (Å²) in [6.07, 6.45) is 4.37. The van der Waals surface area contributed by atoms with Crippen molar-refractivity contribution < 1.29 is 14.0 Å². The molecule has 0 saturated carbocycles. The highest BCUT2D eigenvalue weighted by Crippen LogP contribution is 2.22. The van der Waals surface area contributed by atoms with Crippen molar-refractivity contribution in [3.05, 3.63) is 65.7 Å². The van der Waals surface area contributed by atoms with Gasteiger partial charge in [-0.1, -0.05) is 12.1 Å². The second kappa shape index (κ2) is 8.17. The number of rotatable bonds is 4. The van der Waals surface area contributed by atoms with Gasteiger partial charge < -0.3 is 10.2 Å². The lowest BCUT2D eigenvalue weighted by Gasteiger charge is -2.27. The summed E-state index contributed by atoms with van der Waals surface area (Å²) in [4.78, 5) is 27.7. The number of piperidine rings is 1. The average Bonchev–Trinajstić information content (AvgIpc) is 3.29. The van der Waals surface area contributed by atoms with E-state index in [1.54, 1.807) is 29.2 Å². The van der Waals surface area contributed by atoms with Crippen LogP contribution in [0.25, 0.3) is 5.69 Å². The normalized spacial score (nSPS) is 13.9. The third kappa shape index (κ3) is 3.98. The Morgan fingerprint density at radius 1 is 1.00 bits per heavy atom. The van der Waals surface area contributed by atoms with Crippen LogP contribution >= 0.6 is 0 Å². The zero-order valence-electron chi connectivity index (χ0n) is 15.6. The molecule has 9 heteroatoms. The lowest BCUT2D eigenvalue weighted by Crippen LogP contribution is -2.36. The molecule has 2 amide bonds. The predicted octanol–water partition coefficient (Wildman–Crippen LogP) is 2.68. The topological polar surface area (TPSA) is 93.0 Å². The number of hydrogen-bond donors (Lipinski definition) is 1. The zero-order valence-corrected chi connectivity index (χ0v) is 15.6. The number of carbonyl (C=O) groups is 2. The summed E-state index contributed by atoms with van der Waals surface area (Å²) >= 11 is 0. The maximum Gasteiger partial charge on any atom is 0.257 e. The van der Waals surface area contributed by atoms with Gasteiger partial charge in [0.1, 0.15) is 12.1 Å². The quantitative estimate of drug-likeness (QED) is 0.734. The molecule has 2 heterocycles. The highest BCUT2D eigenvalue weighted by molar-refractivity contribution is 6.10. The molecule has 1 fully saturated rings. The number of carbonyl (C=O) groups excluding carboxylic acids is 2. The van der Waals surface area contributed by atoms with E-state index in [2.05, 4.69) is 20.8 Å². The largest absolute Gasteiger partial charge is 0.339 e. The molecule has 29 heavy (non-hydrogen) atoms. The van der Waals surface area contributed by atoms with Crippen molar-refractivity contribution >= 4 is 17.5 Å². The first-order valence-electron chi connectivity index (χ1n) is 9.36. The van der Waals surface area contributed by atoms with E-state index in [0.29, 0.717) is 30.0 Å². The van der Waals surface area contributed by atoms with E-state index in [9.17, 15) is 14.0 Å². The molecule has 0 radical (unpaired) electrons. The Kier molecular flexibility index (Phi) is 5.28. The summed E-state index contributed by atoms with van der Waals surface area (Å²) in [6, 6.07) is 10.6. The molecule has 0 aliphatic carbocycles. The van der Waals surface area contributed by atoms with Gasteiger partial charge in [0.25, 0.3) is 11.8 Å². The van der Waals surface area contributed by atoms with Crippen molar-refractivity contribution in [1.29, 1.82) is 0 Å². The van der Waals surface area contributed by atoms with Gasteiger partial charge in [-0.3, -0.25) is 9.59 Å². The Balaban J connectivity index is 1.63. The van der Waals surface area contributed by atoms with E-state index in [0.717, 1.165) is 25.3 Å². The highest BCUT2D eigenvalue weighted by Gasteiger charge is 2.22.